The Morgan fingerprint density at radius 2 is 2.11 bits per heavy atom. The summed E-state index contributed by atoms with van der Waals surface area (Å²) < 4.78 is 10.3. The molecule has 0 fully saturated rings. The quantitative estimate of drug-likeness (QED) is 0.596. The van der Waals surface area contributed by atoms with Crippen LogP contribution in [0.15, 0.2) is 23.3 Å². The van der Waals surface area contributed by atoms with E-state index in [9.17, 15) is 0 Å². The lowest BCUT2D eigenvalue weighted by Gasteiger charge is -2.07. The van der Waals surface area contributed by atoms with Crippen molar-refractivity contribution in [2.24, 2.45) is 5.10 Å². The largest absolute Gasteiger partial charge is 0.493 e. The van der Waals surface area contributed by atoms with Crippen LogP contribution in [0.3, 0.4) is 0 Å². The van der Waals surface area contributed by atoms with Gasteiger partial charge in [0, 0.05) is 0 Å². The molecule has 8 heteroatoms. The van der Waals surface area contributed by atoms with Crippen LogP contribution in [0.5, 0.6) is 11.5 Å². The molecule has 0 saturated carbocycles. The molecule has 0 unspecified atom stereocenters. The van der Waals surface area contributed by atoms with Gasteiger partial charge in [0.2, 0.25) is 0 Å². The van der Waals surface area contributed by atoms with E-state index in [4.69, 9.17) is 9.47 Å². The van der Waals surface area contributed by atoms with E-state index in [1.165, 1.54) is 0 Å². The molecule has 8 nitrogen and oxygen atoms in total. The van der Waals surface area contributed by atoms with Crippen LogP contribution >= 0.6 is 0 Å². The molecule has 0 aliphatic carbocycles. The number of rotatable bonds is 5. The van der Waals surface area contributed by atoms with Gasteiger partial charge in [-0.1, -0.05) is 5.10 Å². The van der Waals surface area contributed by atoms with Crippen LogP contribution in [0.4, 0.5) is 5.95 Å². The van der Waals surface area contributed by atoms with Gasteiger partial charge in [0.05, 0.1) is 20.4 Å². The van der Waals surface area contributed by atoms with Crippen molar-refractivity contribution in [2.45, 2.75) is 0 Å². The number of hydrogen-bond donors (Lipinski definition) is 2. The van der Waals surface area contributed by atoms with Crippen LogP contribution < -0.4 is 14.9 Å². The minimum atomic E-state index is 0.298. The summed E-state index contributed by atoms with van der Waals surface area (Å²) in [5.41, 5.74) is 3.47. The molecule has 2 rings (SSSR count). The van der Waals surface area contributed by atoms with Crippen molar-refractivity contribution in [3.63, 3.8) is 0 Å². The summed E-state index contributed by atoms with van der Waals surface area (Å²) in [6.45, 7) is 0. The first kappa shape index (κ1) is 11.8. The van der Waals surface area contributed by atoms with Crippen LogP contribution in [0, 0.1) is 0 Å². The summed E-state index contributed by atoms with van der Waals surface area (Å²) in [5.74, 6) is 1.61. The Kier molecular flexibility index (Phi) is 3.69. The Morgan fingerprint density at radius 1 is 1.28 bits per heavy atom. The summed E-state index contributed by atoms with van der Waals surface area (Å²) in [6.07, 6.45) is 1.61. The van der Waals surface area contributed by atoms with Gasteiger partial charge in [0.1, 0.15) is 0 Å². The van der Waals surface area contributed by atoms with E-state index in [-0.39, 0.29) is 0 Å². The van der Waals surface area contributed by atoms with Gasteiger partial charge in [0.25, 0.3) is 5.95 Å². The Bertz CT molecular complexity index is 525. The van der Waals surface area contributed by atoms with Gasteiger partial charge in [-0.15, -0.1) is 5.10 Å². The van der Waals surface area contributed by atoms with Gasteiger partial charge in [-0.3, -0.25) is 0 Å². The normalized spacial score (nSPS) is 10.6. The van der Waals surface area contributed by atoms with Gasteiger partial charge >= 0.3 is 0 Å². The summed E-state index contributed by atoms with van der Waals surface area (Å²) in [6, 6.07) is 5.46. The van der Waals surface area contributed by atoms with E-state index in [1.54, 1.807) is 32.6 Å². The molecule has 18 heavy (non-hydrogen) atoms. The van der Waals surface area contributed by atoms with Gasteiger partial charge in [-0.2, -0.15) is 10.3 Å². The predicted octanol–water partition coefficient (Wildman–Crippen LogP) is 0.663. The molecule has 0 aliphatic rings. The first-order chi connectivity index (χ1) is 8.83. The van der Waals surface area contributed by atoms with Crippen molar-refractivity contribution in [2.75, 3.05) is 19.6 Å². The molecule has 1 aromatic carbocycles. The lowest BCUT2D eigenvalue weighted by Crippen LogP contribution is -1.94. The Morgan fingerprint density at radius 3 is 2.78 bits per heavy atom. The highest BCUT2D eigenvalue weighted by Crippen LogP contribution is 2.26. The zero-order valence-electron chi connectivity index (χ0n) is 9.91. The molecule has 2 aromatic rings. The number of aromatic nitrogens is 4. The number of methoxy groups -OCH3 is 2. The van der Waals surface area contributed by atoms with Gasteiger partial charge in [-0.25, -0.2) is 5.43 Å². The van der Waals surface area contributed by atoms with Crippen molar-refractivity contribution < 1.29 is 9.47 Å². The maximum absolute atomic E-state index is 5.18. The third kappa shape index (κ3) is 2.73. The number of nitrogens with zero attached hydrogens (tertiary/aromatic N) is 4. The number of aromatic amines is 1. The second-order valence-corrected chi connectivity index (χ2v) is 3.22. The number of benzene rings is 1. The fourth-order valence-corrected chi connectivity index (χ4v) is 1.31. The van der Waals surface area contributed by atoms with Crippen molar-refractivity contribution in [1.82, 2.24) is 20.6 Å². The Balaban J connectivity index is 2.07. The average Bonchev–Trinajstić information content (AvgIpc) is 2.91. The molecular formula is C10H12N6O2. The standard InChI is InChI=1S/C10H12N6O2/c1-17-8-4-3-7(5-9(8)18-2)6-11-12-10-13-15-16-14-10/h3-6H,1-2H3,(H2,12,13,14,15,16)/b11-6+. The molecule has 2 N–H and O–H groups in total. The highest BCUT2D eigenvalue weighted by molar-refractivity contribution is 5.81. The number of nitrogens with one attached hydrogen (secondary N) is 2. The number of tetrazole rings is 1. The monoisotopic (exact) mass is 248 g/mol. The fourth-order valence-electron chi connectivity index (χ4n) is 1.31. The van der Waals surface area contributed by atoms with Crippen molar-refractivity contribution in [1.29, 1.82) is 0 Å². The van der Waals surface area contributed by atoms with Crippen LogP contribution in [0.25, 0.3) is 0 Å². The Hall–Kier alpha value is -2.64. The second-order valence-electron chi connectivity index (χ2n) is 3.22. The lowest BCUT2D eigenvalue weighted by atomic mass is 10.2. The highest BCUT2D eigenvalue weighted by Gasteiger charge is 2.02. The van der Waals surface area contributed by atoms with E-state index in [2.05, 4.69) is 31.2 Å². The predicted molar refractivity (Wildman–Crippen MR) is 64.9 cm³/mol. The molecule has 1 heterocycles. The zero-order chi connectivity index (χ0) is 12.8. The molecule has 0 amide bonds. The molecule has 94 valence electrons. The second kappa shape index (κ2) is 5.62. The topological polar surface area (TPSA) is 97.3 Å². The van der Waals surface area contributed by atoms with Crippen LogP contribution in [-0.4, -0.2) is 41.1 Å². The molecule has 0 atom stereocenters. The maximum atomic E-state index is 5.18. The minimum absolute atomic E-state index is 0.298. The van der Waals surface area contributed by atoms with E-state index in [0.29, 0.717) is 17.4 Å². The smallest absolute Gasteiger partial charge is 0.283 e. The number of ether oxygens (including phenoxy) is 2. The fraction of sp³-hybridized carbons (Fsp3) is 0.200. The first-order valence-corrected chi connectivity index (χ1v) is 5.08. The van der Waals surface area contributed by atoms with E-state index in [1.807, 2.05) is 6.07 Å². The molecule has 0 bridgehead atoms. The summed E-state index contributed by atoms with van der Waals surface area (Å²) >= 11 is 0. The highest BCUT2D eigenvalue weighted by atomic mass is 16.5. The summed E-state index contributed by atoms with van der Waals surface area (Å²) in [4.78, 5) is 0. The molecule has 0 saturated heterocycles. The van der Waals surface area contributed by atoms with Gasteiger partial charge in [0.15, 0.2) is 11.5 Å². The number of H-pyrrole nitrogens is 1. The average molecular weight is 248 g/mol. The SMILES string of the molecule is COc1ccc(/C=N/Nc2nn[nH]n2)cc1OC. The maximum Gasteiger partial charge on any atom is 0.283 e. The number of hydrogen-bond acceptors (Lipinski definition) is 7. The first-order valence-electron chi connectivity index (χ1n) is 5.08. The zero-order valence-corrected chi connectivity index (χ0v) is 9.91. The molecular weight excluding hydrogens is 236 g/mol. The van der Waals surface area contributed by atoms with Crippen LogP contribution in [0.2, 0.25) is 0 Å². The summed E-state index contributed by atoms with van der Waals surface area (Å²) in [7, 11) is 3.17. The van der Waals surface area contributed by atoms with E-state index >= 15 is 0 Å². The molecule has 1 aromatic heterocycles. The minimum Gasteiger partial charge on any atom is -0.493 e. The van der Waals surface area contributed by atoms with E-state index < -0.39 is 0 Å². The van der Waals surface area contributed by atoms with Gasteiger partial charge in [-0.05, 0) is 29.0 Å². The van der Waals surface area contributed by atoms with Crippen LogP contribution in [-0.2, 0) is 0 Å². The van der Waals surface area contributed by atoms with Gasteiger partial charge < -0.3 is 9.47 Å². The molecule has 0 aliphatic heterocycles. The molecule has 0 spiro atoms. The third-order valence-corrected chi connectivity index (χ3v) is 2.13. The van der Waals surface area contributed by atoms with E-state index in [0.717, 1.165) is 5.56 Å². The van der Waals surface area contributed by atoms with Crippen LogP contribution in [0.1, 0.15) is 5.56 Å². The summed E-state index contributed by atoms with van der Waals surface area (Å²) in [5, 5.41) is 17.0. The van der Waals surface area contributed by atoms with Crippen molar-refractivity contribution in [3.8, 4) is 11.5 Å². The Labute approximate surface area is 103 Å². The molecule has 0 radical (unpaired) electrons. The lowest BCUT2D eigenvalue weighted by molar-refractivity contribution is 0.355. The van der Waals surface area contributed by atoms with Crippen molar-refractivity contribution >= 4 is 12.2 Å². The number of hydrazone groups is 1. The third-order valence-electron chi connectivity index (χ3n) is 2.13. The number of anilines is 1. The van der Waals surface area contributed by atoms with Crippen molar-refractivity contribution in [3.05, 3.63) is 23.8 Å².